The van der Waals surface area contributed by atoms with E-state index in [0.29, 0.717) is 6.10 Å². The Morgan fingerprint density at radius 2 is 2.28 bits per heavy atom. The van der Waals surface area contributed by atoms with Gasteiger partial charge in [-0.15, -0.1) is 0 Å². The van der Waals surface area contributed by atoms with Gasteiger partial charge >= 0.3 is 0 Å². The molecule has 0 spiro atoms. The van der Waals surface area contributed by atoms with Gasteiger partial charge < -0.3 is 10.1 Å². The SMILES string of the molecule is c1ccc(-n2cccn2)c(NCC2CCCO2)c1. The van der Waals surface area contributed by atoms with E-state index < -0.39 is 0 Å². The van der Waals surface area contributed by atoms with Crippen molar-refractivity contribution in [2.24, 2.45) is 0 Å². The molecule has 18 heavy (non-hydrogen) atoms. The lowest BCUT2D eigenvalue weighted by atomic mass is 10.2. The van der Waals surface area contributed by atoms with E-state index in [2.05, 4.69) is 22.5 Å². The van der Waals surface area contributed by atoms with Crippen LogP contribution in [0.4, 0.5) is 5.69 Å². The Morgan fingerprint density at radius 3 is 3.06 bits per heavy atom. The second-order valence-electron chi connectivity index (χ2n) is 4.48. The first kappa shape index (κ1) is 11.3. The van der Waals surface area contributed by atoms with E-state index in [1.54, 1.807) is 6.20 Å². The van der Waals surface area contributed by atoms with E-state index in [1.165, 1.54) is 6.42 Å². The molecule has 0 bridgehead atoms. The Kier molecular flexibility index (Phi) is 3.28. The number of benzene rings is 1. The Bertz CT molecular complexity index is 490. The minimum absolute atomic E-state index is 0.343. The van der Waals surface area contributed by atoms with Crippen LogP contribution in [-0.4, -0.2) is 29.0 Å². The number of ether oxygens (including phenoxy) is 1. The lowest BCUT2D eigenvalue weighted by Gasteiger charge is -2.15. The summed E-state index contributed by atoms with van der Waals surface area (Å²) in [6.45, 7) is 1.76. The number of hydrogen-bond donors (Lipinski definition) is 1. The highest BCUT2D eigenvalue weighted by molar-refractivity contribution is 5.60. The minimum Gasteiger partial charge on any atom is -0.381 e. The normalized spacial score (nSPS) is 19.0. The third-order valence-electron chi connectivity index (χ3n) is 3.20. The molecule has 1 unspecified atom stereocenters. The van der Waals surface area contributed by atoms with Gasteiger partial charge in [-0.25, -0.2) is 4.68 Å². The molecule has 1 aromatic heterocycles. The van der Waals surface area contributed by atoms with Gasteiger partial charge in [0.1, 0.15) is 0 Å². The number of nitrogens with one attached hydrogen (secondary N) is 1. The first-order chi connectivity index (χ1) is 8.93. The molecule has 4 heteroatoms. The molecule has 94 valence electrons. The third-order valence-corrected chi connectivity index (χ3v) is 3.20. The zero-order chi connectivity index (χ0) is 12.2. The Balaban J connectivity index is 1.75. The van der Waals surface area contributed by atoms with Crippen LogP contribution in [0.15, 0.2) is 42.7 Å². The molecule has 1 aliphatic heterocycles. The van der Waals surface area contributed by atoms with Crippen LogP contribution in [0.1, 0.15) is 12.8 Å². The van der Waals surface area contributed by atoms with E-state index in [0.717, 1.165) is 30.9 Å². The molecule has 3 rings (SSSR count). The molecule has 2 heterocycles. The summed E-state index contributed by atoms with van der Waals surface area (Å²) in [5.41, 5.74) is 2.16. The molecular formula is C14H17N3O. The third kappa shape index (κ3) is 2.38. The smallest absolute Gasteiger partial charge is 0.0876 e. The zero-order valence-corrected chi connectivity index (χ0v) is 10.2. The number of aromatic nitrogens is 2. The summed E-state index contributed by atoms with van der Waals surface area (Å²) >= 11 is 0. The fraction of sp³-hybridized carbons (Fsp3) is 0.357. The van der Waals surface area contributed by atoms with Crippen molar-refractivity contribution in [1.29, 1.82) is 0 Å². The highest BCUT2D eigenvalue weighted by Crippen LogP contribution is 2.20. The highest BCUT2D eigenvalue weighted by atomic mass is 16.5. The molecule has 0 amide bonds. The van der Waals surface area contributed by atoms with Crippen molar-refractivity contribution in [3.8, 4) is 5.69 Å². The molecule has 1 fully saturated rings. The summed E-state index contributed by atoms with van der Waals surface area (Å²) in [5, 5.41) is 7.73. The second kappa shape index (κ2) is 5.23. The first-order valence-corrected chi connectivity index (χ1v) is 6.38. The first-order valence-electron chi connectivity index (χ1n) is 6.38. The fourth-order valence-corrected chi connectivity index (χ4v) is 2.26. The molecule has 1 N–H and O–H groups in total. The van der Waals surface area contributed by atoms with E-state index in [-0.39, 0.29) is 0 Å². The number of rotatable bonds is 4. The molecule has 1 aromatic carbocycles. The van der Waals surface area contributed by atoms with Crippen molar-refractivity contribution in [3.63, 3.8) is 0 Å². The predicted molar refractivity (Wildman–Crippen MR) is 71.0 cm³/mol. The molecule has 0 aliphatic carbocycles. The lowest BCUT2D eigenvalue weighted by Crippen LogP contribution is -2.19. The Morgan fingerprint density at radius 1 is 1.33 bits per heavy atom. The molecule has 2 aromatic rings. The number of para-hydroxylation sites is 2. The lowest BCUT2D eigenvalue weighted by molar-refractivity contribution is 0.120. The maximum absolute atomic E-state index is 5.62. The van der Waals surface area contributed by atoms with Crippen LogP contribution in [0.3, 0.4) is 0 Å². The van der Waals surface area contributed by atoms with Crippen molar-refractivity contribution in [1.82, 2.24) is 9.78 Å². The minimum atomic E-state index is 0.343. The van der Waals surface area contributed by atoms with Gasteiger partial charge in [0.05, 0.1) is 17.5 Å². The van der Waals surface area contributed by atoms with Gasteiger partial charge in [0.15, 0.2) is 0 Å². The van der Waals surface area contributed by atoms with Crippen LogP contribution in [0.2, 0.25) is 0 Å². The molecule has 1 aliphatic rings. The monoisotopic (exact) mass is 243 g/mol. The average molecular weight is 243 g/mol. The van der Waals surface area contributed by atoms with Gasteiger partial charge in [0.2, 0.25) is 0 Å². The zero-order valence-electron chi connectivity index (χ0n) is 10.2. The van der Waals surface area contributed by atoms with Gasteiger partial charge in [0, 0.05) is 25.5 Å². The van der Waals surface area contributed by atoms with Crippen molar-refractivity contribution in [2.75, 3.05) is 18.5 Å². The van der Waals surface area contributed by atoms with Crippen molar-refractivity contribution >= 4 is 5.69 Å². The van der Waals surface area contributed by atoms with Crippen LogP contribution < -0.4 is 5.32 Å². The summed E-state index contributed by atoms with van der Waals surface area (Å²) in [4.78, 5) is 0. The number of nitrogens with zero attached hydrogens (tertiary/aromatic N) is 2. The van der Waals surface area contributed by atoms with E-state index in [9.17, 15) is 0 Å². The predicted octanol–water partition coefficient (Wildman–Crippen LogP) is 2.46. The standard InChI is InChI=1S/C14H17N3O/c1-2-7-14(17-9-4-8-16-17)13(6-1)15-11-12-5-3-10-18-12/h1-2,4,6-9,12,15H,3,5,10-11H2. The molecule has 1 atom stereocenters. The number of hydrogen-bond acceptors (Lipinski definition) is 3. The quantitative estimate of drug-likeness (QED) is 0.896. The van der Waals surface area contributed by atoms with Crippen LogP contribution in [0.25, 0.3) is 5.69 Å². The highest BCUT2D eigenvalue weighted by Gasteiger charge is 2.15. The fourth-order valence-electron chi connectivity index (χ4n) is 2.26. The molecule has 0 radical (unpaired) electrons. The summed E-state index contributed by atoms with van der Waals surface area (Å²) in [5.74, 6) is 0. The van der Waals surface area contributed by atoms with Crippen LogP contribution in [0, 0.1) is 0 Å². The number of anilines is 1. The Hall–Kier alpha value is -1.81. The van der Waals surface area contributed by atoms with Crippen LogP contribution in [0.5, 0.6) is 0 Å². The summed E-state index contributed by atoms with van der Waals surface area (Å²) in [7, 11) is 0. The second-order valence-corrected chi connectivity index (χ2v) is 4.48. The average Bonchev–Trinajstić information content (AvgIpc) is 3.10. The van der Waals surface area contributed by atoms with E-state index >= 15 is 0 Å². The van der Waals surface area contributed by atoms with Gasteiger partial charge in [-0.2, -0.15) is 5.10 Å². The maximum atomic E-state index is 5.62. The van der Waals surface area contributed by atoms with Gasteiger partial charge in [-0.05, 0) is 31.0 Å². The molecule has 0 saturated carbocycles. The van der Waals surface area contributed by atoms with Gasteiger partial charge in [-0.1, -0.05) is 12.1 Å². The van der Waals surface area contributed by atoms with Crippen LogP contribution >= 0.6 is 0 Å². The van der Waals surface area contributed by atoms with Crippen molar-refractivity contribution in [2.45, 2.75) is 18.9 Å². The van der Waals surface area contributed by atoms with Gasteiger partial charge in [-0.3, -0.25) is 0 Å². The van der Waals surface area contributed by atoms with E-state index in [1.807, 2.05) is 29.1 Å². The summed E-state index contributed by atoms with van der Waals surface area (Å²) in [6.07, 6.45) is 6.41. The summed E-state index contributed by atoms with van der Waals surface area (Å²) < 4.78 is 7.49. The topological polar surface area (TPSA) is 39.1 Å². The molecule has 4 nitrogen and oxygen atoms in total. The van der Waals surface area contributed by atoms with E-state index in [4.69, 9.17) is 4.74 Å². The van der Waals surface area contributed by atoms with Crippen molar-refractivity contribution < 1.29 is 4.74 Å². The van der Waals surface area contributed by atoms with Crippen LogP contribution in [-0.2, 0) is 4.74 Å². The van der Waals surface area contributed by atoms with Gasteiger partial charge in [0.25, 0.3) is 0 Å². The largest absolute Gasteiger partial charge is 0.381 e. The Labute approximate surface area is 107 Å². The maximum Gasteiger partial charge on any atom is 0.0876 e. The molecular weight excluding hydrogens is 226 g/mol. The summed E-state index contributed by atoms with van der Waals surface area (Å²) in [6, 6.07) is 10.1. The van der Waals surface area contributed by atoms with Crippen molar-refractivity contribution in [3.05, 3.63) is 42.7 Å². The molecule has 1 saturated heterocycles.